The molecule has 102 valence electrons. The Kier molecular flexibility index (Phi) is 6.79. The Morgan fingerprint density at radius 3 is 2.39 bits per heavy atom. The standard InChI is InChI=1S/C13H19Cl2NO2/c1-9(2)7-18-8-10(17)6-16-13-11(14)4-3-5-12(13)15/h3-5,9-10,16-17H,6-8H2,1-2H3. The summed E-state index contributed by atoms with van der Waals surface area (Å²) in [6.07, 6.45) is -0.587. The molecule has 0 bridgehead atoms. The number of aliphatic hydroxyl groups is 1. The van der Waals surface area contributed by atoms with Crippen LogP contribution in [0.3, 0.4) is 0 Å². The molecule has 1 aromatic carbocycles. The van der Waals surface area contributed by atoms with E-state index in [0.717, 1.165) is 0 Å². The number of benzene rings is 1. The molecule has 0 heterocycles. The van der Waals surface area contributed by atoms with Crippen LogP contribution >= 0.6 is 23.2 Å². The largest absolute Gasteiger partial charge is 0.389 e. The zero-order valence-electron chi connectivity index (χ0n) is 10.6. The number of para-hydroxylation sites is 1. The molecule has 1 atom stereocenters. The van der Waals surface area contributed by atoms with Gasteiger partial charge in [-0.1, -0.05) is 43.1 Å². The highest BCUT2D eigenvalue weighted by Gasteiger charge is 2.09. The number of nitrogens with one attached hydrogen (secondary N) is 1. The van der Waals surface area contributed by atoms with Gasteiger partial charge in [-0.05, 0) is 18.1 Å². The zero-order chi connectivity index (χ0) is 13.5. The van der Waals surface area contributed by atoms with Crippen molar-refractivity contribution in [2.24, 2.45) is 5.92 Å². The number of hydrogen-bond acceptors (Lipinski definition) is 3. The summed E-state index contributed by atoms with van der Waals surface area (Å²) >= 11 is 12.0. The molecule has 0 aromatic heterocycles. The molecule has 18 heavy (non-hydrogen) atoms. The number of halogens is 2. The molecule has 2 N–H and O–H groups in total. The molecule has 0 spiro atoms. The van der Waals surface area contributed by atoms with E-state index in [1.165, 1.54) is 0 Å². The number of aliphatic hydroxyl groups excluding tert-OH is 1. The first-order chi connectivity index (χ1) is 8.50. The van der Waals surface area contributed by atoms with E-state index >= 15 is 0 Å². The van der Waals surface area contributed by atoms with Gasteiger partial charge in [0.15, 0.2) is 0 Å². The quantitative estimate of drug-likeness (QED) is 0.809. The lowest BCUT2D eigenvalue weighted by molar-refractivity contribution is 0.0318. The van der Waals surface area contributed by atoms with Crippen molar-refractivity contribution in [1.29, 1.82) is 0 Å². The van der Waals surface area contributed by atoms with Gasteiger partial charge in [-0.2, -0.15) is 0 Å². The second-order valence-electron chi connectivity index (χ2n) is 4.56. The second-order valence-corrected chi connectivity index (χ2v) is 5.38. The summed E-state index contributed by atoms with van der Waals surface area (Å²) in [6.45, 7) is 5.42. The fraction of sp³-hybridized carbons (Fsp3) is 0.538. The van der Waals surface area contributed by atoms with Crippen molar-refractivity contribution in [2.45, 2.75) is 20.0 Å². The van der Waals surface area contributed by atoms with E-state index < -0.39 is 6.10 Å². The average Bonchev–Trinajstić information content (AvgIpc) is 2.27. The first kappa shape index (κ1) is 15.6. The molecular formula is C13H19Cl2NO2. The minimum Gasteiger partial charge on any atom is -0.389 e. The minimum atomic E-state index is -0.587. The van der Waals surface area contributed by atoms with E-state index in [1.807, 2.05) is 0 Å². The van der Waals surface area contributed by atoms with Crippen molar-refractivity contribution < 1.29 is 9.84 Å². The molecule has 0 aliphatic carbocycles. The van der Waals surface area contributed by atoms with Crippen molar-refractivity contribution in [3.8, 4) is 0 Å². The maximum Gasteiger partial charge on any atom is 0.0945 e. The molecule has 1 rings (SSSR count). The molecule has 0 aliphatic rings. The highest BCUT2D eigenvalue weighted by Crippen LogP contribution is 2.29. The molecule has 5 heteroatoms. The number of hydrogen-bond donors (Lipinski definition) is 2. The van der Waals surface area contributed by atoms with Gasteiger partial charge in [-0.25, -0.2) is 0 Å². The van der Waals surface area contributed by atoms with Crippen LogP contribution in [0.15, 0.2) is 18.2 Å². The molecule has 1 aromatic rings. The Labute approximate surface area is 118 Å². The van der Waals surface area contributed by atoms with Crippen LogP contribution in [0.2, 0.25) is 10.0 Å². The lowest BCUT2D eigenvalue weighted by Crippen LogP contribution is -2.25. The van der Waals surface area contributed by atoms with Crippen LogP contribution < -0.4 is 5.32 Å². The topological polar surface area (TPSA) is 41.5 Å². The third-order valence-electron chi connectivity index (χ3n) is 2.24. The molecule has 3 nitrogen and oxygen atoms in total. The Morgan fingerprint density at radius 2 is 1.83 bits per heavy atom. The predicted octanol–water partition coefficient (Wildman–Crippen LogP) is 3.44. The Morgan fingerprint density at radius 1 is 1.22 bits per heavy atom. The maximum absolute atomic E-state index is 9.73. The Balaban J connectivity index is 2.36. The Hall–Kier alpha value is -0.480. The van der Waals surface area contributed by atoms with E-state index in [2.05, 4.69) is 19.2 Å². The SMILES string of the molecule is CC(C)COCC(O)CNc1c(Cl)cccc1Cl. The van der Waals surface area contributed by atoms with E-state index in [1.54, 1.807) is 18.2 Å². The van der Waals surface area contributed by atoms with Gasteiger partial charge in [-0.15, -0.1) is 0 Å². The summed E-state index contributed by atoms with van der Waals surface area (Å²) in [4.78, 5) is 0. The van der Waals surface area contributed by atoms with Crippen molar-refractivity contribution in [3.05, 3.63) is 28.2 Å². The first-order valence-electron chi connectivity index (χ1n) is 5.94. The van der Waals surface area contributed by atoms with Crippen molar-refractivity contribution in [3.63, 3.8) is 0 Å². The third-order valence-corrected chi connectivity index (χ3v) is 2.87. The van der Waals surface area contributed by atoms with Gasteiger partial charge in [0.25, 0.3) is 0 Å². The lowest BCUT2D eigenvalue weighted by Gasteiger charge is -2.15. The summed E-state index contributed by atoms with van der Waals surface area (Å²) in [6, 6.07) is 5.27. The average molecular weight is 292 g/mol. The van der Waals surface area contributed by atoms with E-state index in [4.69, 9.17) is 27.9 Å². The minimum absolute atomic E-state index is 0.299. The van der Waals surface area contributed by atoms with Gasteiger partial charge in [0, 0.05) is 13.2 Å². The smallest absolute Gasteiger partial charge is 0.0945 e. The van der Waals surface area contributed by atoms with Gasteiger partial charge >= 0.3 is 0 Å². The molecule has 0 amide bonds. The third kappa shape index (κ3) is 5.44. The normalized spacial score (nSPS) is 12.8. The van der Waals surface area contributed by atoms with Crippen LogP contribution in [-0.4, -0.2) is 31.0 Å². The highest BCUT2D eigenvalue weighted by molar-refractivity contribution is 6.39. The van der Waals surface area contributed by atoms with Gasteiger partial charge in [0.05, 0.1) is 28.4 Å². The lowest BCUT2D eigenvalue weighted by atomic mass is 10.2. The van der Waals surface area contributed by atoms with Crippen molar-refractivity contribution in [1.82, 2.24) is 0 Å². The monoisotopic (exact) mass is 291 g/mol. The highest BCUT2D eigenvalue weighted by atomic mass is 35.5. The van der Waals surface area contributed by atoms with Gasteiger partial charge in [0.1, 0.15) is 0 Å². The number of rotatable bonds is 7. The Bertz CT molecular complexity index is 352. The second kappa shape index (κ2) is 7.85. The van der Waals surface area contributed by atoms with E-state index in [-0.39, 0.29) is 0 Å². The number of anilines is 1. The summed E-state index contributed by atoms with van der Waals surface area (Å²) < 4.78 is 5.35. The predicted molar refractivity (Wildman–Crippen MR) is 76.6 cm³/mol. The molecule has 0 radical (unpaired) electrons. The van der Waals surface area contributed by atoms with Gasteiger partial charge in [0.2, 0.25) is 0 Å². The van der Waals surface area contributed by atoms with Crippen LogP contribution in [0.4, 0.5) is 5.69 Å². The fourth-order valence-electron chi connectivity index (χ4n) is 1.39. The van der Waals surface area contributed by atoms with Crippen LogP contribution in [0.25, 0.3) is 0 Å². The molecular weight excluding hydrogens is 273 g/mol. The molecule has 0 fully saturated rings. The first-order valence-corrected chi connectivity index (χ1v) is 6.70. The fourth-order valence-corrected chi connectivity index (χ4v) is 1.92. The van der Waals surface area contributed by atoms with E-state index in [0.29, 0.717) is 41.4 Å². The zero-order valence-corrected chi connectivity index (χ0v) is 12.1. The van der Waals surface area contributed by atoms with Crippen LogP contribution in [0, 0.1) is 5.92 Å². The van der Waals surface area contributed by atoms with Crippen LogP contribution in [-0.2, 0) is 4.74 Å². The van der Waals surface area contributed by atoms with Gasteiger partial charge in [-0.3, -0.25) is 0 Å². The summed E-state index contributed by atoms with van der Waals surface area (Å²) in [7, 11) is 0. The molecule has 0 aliphatic heterocycles. The molecule has 1 unspecified atom stereocenters. The number of ether oxygens (including phenoxy) is 1. The van der Waals surface area contributed by atoms with E-state index in [9.17, 15) is 5.11 Å². The van der Waals surface area contributed by atoms with Crippen LogP contribution in [0.5, 0.6) is 0 Å². The molecule has 0 saturated carbocycles. The summed E-state index contributed by atoms with van der Waals surface area (Å²) in [5.74, 6) is 0.461. The summed E-state index contributed by atoms with van der Waals surface area (Å²) in [5, 5.41) is 13.8. The summed E-state index contributed by atoms with van der Waals surface area (Å²) in [5.41, 5.74) is 0.642. The van der Waals surface area contributed by atoms with Crippen LogP contribution in [0.1, 0.15) is 13.8 Å². The van der Waals surface area contributed by atoms with Gasteiger partial charge < -0.3 is 15.2 Å². The molecule has 0 saturated heterocycles. The van der Waals surface area contributed by atoms with Crippen molar-refractivity contribution in [2.75, 3.05) is 25.1 Å². The van der Waals surface area contributed by atoms with Crippen molar-refractivity contribution >= 4 is 28.9 Å². The maximum atomic E-state index is 9.73.